The maximum Gasteiger partial charge on any atom is 0.311 e. The highest BCUT2D eigenvalue weighted by Gasteiger charge is 2.55. The van der Waals surface area contributed by atoms with Crippen molar-refractivity contribution in [3.8, 4) is 5.75 Å². The number of benzene rings is 1. The third-order valence-corrected chi connectivity index (χ3v) is 5.29. The van der Waals surface area contributed by atoms with Crippen LogP contribution in [-0.4, -0.2) is 41.6 Å². The predicted molar refractivity (Wildman–Crippen MR) is 85.9 cm³/mol. The van der Waals surface area contributed by atoms with E-state index in [4.69, 9.17) is 16.3 Å². The minimum absolute atomic E-state index is 0.0480. The van der Waals surface area contributed by atoms with Crippen molar-refractivity contribution in [2.24, 2.45) is 11.3 Å². The van der Waals surface area contributed by atoms with Crippen LogP contribution in [-0.2, 0) is 4.79 Å². The number of rotatable bonds is 4. The molecule has 2 atom stereocenters. The van der Waals surface area contributed by atoms with Crippen LogP contribution in [0, 0.1) is 11.3 Å². The molecule has 1 saturated heterocycles. The Balaban J connectivity index is 1.87. The number of aliphatic carboxylic acids is 1. The third-order valence-electron chi connectivity index (χ3n) is 5.06. The second-order valence-electron chi connectivity index (χ2n) is 6.31. The molecule has 124 valence electrons. The number of carboxylic acid groups (broad SMARTS) is 1. The first kappa shape index (κ1) is 16.1. The standard InChI is InChI=1S/C17H20ClNO4/c1-2-23-14-8-12(18)5-6-13(14)15(20)19-9-11-4-3-7-17(11,10-19)16(21)22/h5-6,8,11H,2-4,7,9-10H2,1H3,(H,21,22)/t11-,17+/m0/s1. The Hall–Kier alpha value is -1.75. The van der Waals surface area contributed by atoms with Gasteiger partial charge >= 0.3 is 5.97 Å². The summed E-state index contributed by atoms with van der Waals surface area (Å²) in [6.07, 6.45) is 2.44. The molecule has 0 aromatic heterocycles. The number of hydrogen-bond donors (Lipinski definition) is 1. The number of amides is 1. The topological polar surface area (TPSA) is 66.8 Å². The van der Waals surface area contributed by atoms with Crippen molar-refractivity contribution in [3.63, 3.8) is 0 Å². The predicted octanol–water partition coefficient (Wildman–Crippen LogP) is 3.07. The lowest BCUT2D eigenvalue weighted by Crippen LogP contribution is -2.37. The van der Waals surface area contributed by atoms with Gasteiger partial charge in [0.1, 0.15) is 5.75 Å². The Morgan fingerprint density at radius 1 is 1.48 bits per heavy atom. The van der Waals surface area contributed by atoms with Gasteiger partial charge in [0.05, 0.1) is 17.6 Å². The van der Waals surface area contributed by atoms with Gasteiger partial charge in [0.2, 0.25) is 0 Å². The number of fused-ring (bicyclic) bond motifs is 1. The molecular formula is C17H20ClNO4. The lowest BCUT2D eigenvalue weighted by atomic mass is 9.81. The van der Waals surface area contributed by atoms with E-state index >= 15 is 0 Å². The van der Waals surface area contributed by atoms with Crippen LogP contribution in [0.2, 0.25) is 5.02 Å². The third kappa shape index (κ3) is 2.67. The quantitative estimate of drug-likeness (QED) is 0.917. The summed E-state index contributed by atoms with van der Waals surface area (Å²) in [5.41, 5.74) is -0.329. The molecule has 0 bridgehead atoms. The number of halogens is 1. The first-order valence-electron chi connectivity index (χ1n) is 7.93. The zero-order valence-corrected chi connectivity index (χ0v) is 13.8. The number of hydrogen-bond acceptors (Lipinski definition) is 3. The number of likely N-dealkylation sites (tertiary alicyclic amines) is 1. The number of carbonyl (C=O) groups is 2. The minimum Gasteiger partial charge on any atom is -0.493 e. The molecule has 1 aromatic rings. The zero-order valence-electron chi connectivity index (χ0n) is 13.0. The van der Waals surface area contributed by atoms with Crippen molar-refractivity contribution in [2.45, 2.75) is 26.2 Å². The number of carbonyl (C=O) groups excluding carboxylic acids is 1. The van der Waals surface area contributed by atoms with Gasteiger partial charge < -0.3 is 14.7 Å². The van der Waals surface area contributed by atoms with Gasteiger partial charge in [0, 0.05) is 18.1 Å². The summed E-state index contributed by atoms with van der Waals surface area (Å²) < 4.78 is 5.52. The average molecular weight is 338 g/mol. The van der Waals surface area contributed by atoms with E-state index in [1.165, 1.54) is 0 Å². The Kier molecular flexibility index (Phi) is 4.23. The summed E-state index contributed by atoms with van der Waals surface area (Å²) in [6.45, 7) is 3.05. The molecule has 0 radical (unpaired) electrons. The van der Waals surface area contributed by atoms with Crippen LogP contribution >= 0.6 is 11.6 Å². The average Bonchev–Trinajstić information content (AvgIpc) is 3.05. The van der Waals surface area contributed by atoms with Crippen molar-refractivity contribution < 1.29 is 19.4 Å². The summed E-state index contributed by atoms with van der Waals surface area (Å²) in [5, 5.41) is 10.1. The fourth-order valence-electron chi connectivity index (χ4n) is 3.91. The van der Waals surface area contributed by atoms with Gasteiger partial charge in [-0.05, 0) is 43.9 Å². The Morgan fingerprint density at radius 2 is 2.26 bits per heavy atom. The van der Waals surface area contributed by atoms with Gasteiger partial charge in [-0.2, -0.15) is 0 Å². The molecule has 2 fully saturated rings. The normalized spacial score (nSPS) is 26.2. The SMILES string of the molecule is CCOc1cc(Cl)ccc1C(=O)N1C[C@@H]2CCC[C@@]2(C(=O)O)C1. The van der Waals surface area contributed by atoms with Crippen LogP contribution in [0.25, 0.3) is 0 Å². The van der Waals surface area contributed by atoms with Crippen LogP contribution in [0.4, 0.5) is 0 Å². The van der Waals surface area contributed by atoms with Crippen LogP contribution in [0.1, 0.15) is 36.5 Å². The number of carboxylic acids is 1. The summed E-state index contributed by atoms with van der Waals surface area (Å²) in [7, 11) is 0. The van der Waals surface area contributed by atoms with Gasteiger partial charge in [-0.15, -0.1) is 0 Å². The highest BCUT2D eigenvalue weighted by atomic mass is 35.5. The lowest BCUT2D eigenvalue weighted by molar-refractivity contribution is -0.149. The molecule has 5 nitrogen and oxygen atoms in total. The van der Waals surface area contributed by atoms with E-state index in [9.17, 15) is 14.7 Å². The maximum absolute atomic E-state index is 12.9. The highest BCUT2D eigenvalue weighted by Crippen LogP contribution is 2.49. The van der Waals surface area contributed by atoms with Gasteiger partial charge in [0.15, 0.2) is 0 Å². The van der Waals surface area contributed by atoms with Gasteiger partial charge in [0.25, 0.3) is 5.91 Å². The zero-order chi connectivity index (χ0) is 16.6. The number of nitrogens with zero attached hydrogens (tertiary/aromatic N) is 1. The molecular weight excluding hydrogens is 318 g/mol. The Morgan fingerprint density at radius 3 is 2.91 bits per heavy atom. The Labute approximate surface area is 140 Å². The largest absolute Gasteiger partial charge is 0.493 e. The first-order chi connectivity index (χ1) is 11.0. The summed E-state index contributed by atoms with van der Waals surface area (Å²) in [4.78, 5) is 26.3. The monoisotopic (exact) mass is 337 g/mol. The second-order valence-corrected chi connectivity index (χ2v) is 6.75. The van der Waals surface area contributed by atoms with Crippen LogP contribution in [0.15, 0.2) is 18.2 Å². The van der Waals surface area contributed by atoms with E-state index in [1.807, 2.05) is 6.92 Å². The lowest BCUT2D eigenvalue weighted by Gasteiger charge is -2.23. The van der Waals surface area contributed by atoms with Crippen LogP contribution in [0.5, 0.6) is 5.75 Å². The minimum atomic E-state index is -0.781. The Bertz CT molecular complexity index is 647. The summed E-state index contributed by atoms with van der Waals surface area (Å²) in [5.74, 6) is -0.463. The van der Waals surface area contributed by atoms with Crippen molar-refractivity contribution in [1.29, 1.82) is 0 Å². The summed E-state index contributed by atoms with van der Waals surface area (Å²) in [6, 6.07) is 4.93. The molecule has 1 aliphatic heterocycles. The molecule has 0 unspecified atom stereocenters. The second kappa shape index (κ2) is 6.04. The van der Waals surface area contributed by atoms with Gasteiger partial charge in [-0.1, -0.05) is 18.0 Å². The number of ether oxygens (including phenoxy) is 1. The molecule has 3 rings (SSSR count). The molecule has 1 amide bonds. The summed E-state index contributed by atoms with van der Waals surface area (Å²) >= 11 is 5.98. The molecule has 0 spiro atoms. The van der Waals surface area contributed by atoms with Gasteiger partial charge in [-0.25, -0.2) is 0 Å². The maximum atomic E-state index is 12.9. The highest BCUT2D eigenvalue weighted by molar-refractivity contribution is 6.30. The molecule has 1 saturated carbocycles. The molecule has 1 N–H and O–H groups in total. The first-order valence-corrected chi connectivity index (χ1v) is 8.31. The van der Waals surface area contributed by atoms with E-state index in [0.717, 1.165) is 12.8 Å². The smallest absolute Gasteiger partial charge is 0.311 e. The van der Waals surface area contributed by atoms with E-state index in [-0.39, 0.29) is 18.4 Å². The molecule has 1 aliphatic carbocycles. The van der Waals surface area contributed by atoms with Crippen LogP contribution < -0.4 is 4.74 Å². The van der Waals surface area contributed by atoms with E-state index < -0.39 is 11.4 Å². The van der Waals surface area contributed by atoms with E-state index in [0.29, 0.717) is 35.9 Å². The fourth-order valence-corrected chi connectivity index (χ4v) is 4.07. The molecule has 2 aliphatic rings. The van der Waals surface area contributed by atoms with Crippen molar-refractivity contribution in [3.05, 3.63) is 28.8 Å². The van der Waals surface area contributed by atoms with Crippen molar-refractivity contribution >= 4 is 23.5 Å². The molecule has 1 aromatic carbocycles. The van der Waals surface area contributed by atoms with Crippen molar-refractivity contribution in [1.82, 2.24) is 4.90 Å². The van der Waals surface area contributed by atoms with E-state index in [1.54, 1.807) is 23.1 Å². The molecule has 23 heavy (non-hydrogen) atoms. The van der Waals surface area contributed by atoms with Crippen molar-refractivity contribution in [2.75, 3.05) is 19.7 Å². The van der Waals surface area contributed by atoms with E-state index in [2.05, 4.69) is 0 Å². The fraction of sp³-hybridized carbons (Fsp3) is 0.529. The van der Waals surface area contributed by atoms with Gasteiger partial charge in [-0.3, -0.25) is 9.59 Å². The molecule has 1 heterocycles. The van der Waals surface area contributed by atoms with Crippen LogP contribution in [0.3, 0.4) is 0 Å². The molecule has 6 heteroatoms.